The van der Waals surface area contributed by atoms with Crippen LogP contribution in [0.5, 0.6) is 0 Å². The number of thioether (sulfide) groups is 2. The van der Waals surface area contributed by atoms with Gasteiger partial charge in [-0.25, -0.2) is 13.4 Å². The van der Waals surface area contributed by atoms with Gasteiger partial charge in [0.2, 0.25) is 0 Å². The summed E-state index contributed by atoms with van der Waals surface area (Å²) in [5.41, 5.74) is 4.28. The lowest BCUT2D eigenvalue weighted by Crippen LogP contribution is -2.41. The number of hydrogen-bond acceptors (Lipinski definition) is 11. The molecule has 2 aromatic carbocycles. The zero-order valence-corrected chi connectivity index (χ0v) is 25.0. The van der Waals surface area contributed by atoms with Gasteiger partial charge in [-0.05, 0) is 23.8 Å². The van der Waals surface area contributed by atoms with Gasteiger partial charge in [0.15, 0.2) is 0 Å². The number of nitro benzene ring substituents is 1. The Morgan fingerprint density at radius 1 is 1.02 bits per heavy atom. The molecule has 11 nitrogen and oxygen atoms in total. The van der Waals surface area contributed by atoms with Gasteiger partial charge >= 0.3 is 0 Å². The van der Waals surface area contributed by atoms with Crippen LogP contribution >= 0.6 is 46.2 Å². The van der Waals surface area contributed by atoms with Crippen LogP contribution in [0, 0.1) is 10.1 Å². The van der Waals surface area contributed by atoms with E-state index in [1.54, 1.807) is 5.38 Å². The maximum absolute atomic E-state index is 12.7. The van der Waals surface area contributed by atoms with Crippen molar-refractivity contribution in [3.8, 4) is 10.6 Å². The number of hydrazine groups is 1. The lowest BCUT2D eigenvalue weighted by molar-refractivity contribution is -0.384. The maximum atomic E-state index is 12.7. The molecule has 0 saturated carbocycles. The SMILES string of the molecule is O=C(NCc1ccc(S(=O)(=O)NNC(=O)c2csc(-c3ccc(C4SCCS4)cc3)n2)s1)c1cccc([N+](=O)[O-])c1. The second-order valence-corrected chi connectivity index (χ2v) is 15.2. The fourth-order valence-electron chi connectivity index (χ4n) is 3.70. The molecule has 0 spiro atoms. The van der Waals surface area contributed by atoms with E-state index in [4.69, 9.17) is 0 Å². The van der Waals surface area contributed by atoms with Crippen molar-refractivity contribution in [1.29, 1.82) is 0 Å². The Hall–Kier alpha value is -3.28. The predicted molar refractivity (Wildman–Crippen MR) is 162 cm³/mol. The molecule has 3 heterocycles. The van der Waals surface area contributed by atoms with E-state index >= 15 is 0 Å². The lowest BCUT2D eigenvalue weighted by atomic mass is 10.1. The van der Waals surface area contributed by atoms with E-state index in [1.807, 2.05) is 35.7 Å². The molecule has 2 amide bonds. The van der Waals surface area contributed by atoms with Crippen molar-refractivity contribution >= 4 is 73.7 Å². The molecule has 16 heteroatoms. The molecular weight excluding hydrogens is 627 g/mol. The molecule has 41 heavy (non-hydrogen) atoms. The first-order chi connectivity index (χ1) is 19.7. The number of sulfonamides is 1. The van der Waals surface area contributed by atoms with Gasteiger partial charge in [0.25, 0.3) is 27.5 Å². The van der Waals surface area contributed by atoms with E-state index in [0.717, 1.165) is 34.5 Å². The summed E-state index contributed by atoms with van der Waals surface area (Å²) in [5, 5.41) is 15.7. The summed E-state index contributed by atoms with van der Waals surface area (Å²) in [6.45, 7) is 0.00891. The van der Waals surface area contributed by atoms with E-state index in [1.165, 1.54) is 47.2 Å². The molecule has 0 atom stereocenters. The molecule has 0 aliphatic carbocycles. The average molecular weight is 648 g/mol. The number of carbonyl (C=O) groups is 2. The number of aromatic nitrogens is 1. The van der Waals surface area contributed by atoms with Gasteiger partial charge in [-0.2, -0.15) is 0 Å². The van der Waals surface area contributed by atoms with Crippen molar-refractivity contribution in [1.82, 2.24) is 20.6 Å². The third-order valence-corrected chi connectivity index (χ3v) is 12.6. The van der Waals surface area contributed by atoms with Crippen LogP contribution in [0.1, 0.15) is 35.9 Å². The first kappa shape index (κ1) is 29.2. The third-order valence-electron chi connectivity index (χ3n) is 5.73. The largest absolute Gasteiger partial charge is 0.347 e. The second-order valence-electron chi connectivity index (χ2n) is 8.50. The Morgan fingerprint density at radius 3 is 2.51 bits per heavy atom. The number of benzene rings is 2. The van der Waals surface area contributed by atoms with Crippen molar-refractivity contribution in [3.05, 3.63) is 97.9 Å². The highest BCUT2D eigenvalue weighted by molar-refractivity contribution is 8.19. The minimum Gasteiger partial charge on any atom is -0.347 e. The topological polar surface area (TPSA) is 160 Å². The normalized spacial score (nSPS) is 13.7. The van der Waals surface area contributed by atoms with E-state index in [9.17, 15) is 28.1 Å². The van der Waals surface area contributed by atoms with Crippen molar-refractivity contribution < 1.29 is 22.9 Å². The highest BCUT2D eigenvalue weighted by atomic mass is 32.2. The molecule has 1 fully saturated rings. The molecule has 0 unspecified atom stereocenters. The maximum Gasteiger partial charge on any atom is 0.285 e. The Balaban J connectivity index is 1.15. The van der Waals surface area contributed by atoms with Crippen LogP contribution in [0.3, 0.4) is 0 Å². The second kappa shape index (κ2) is 12.7. The smallest absolute Gasteiger partial charge is 0.285 e. The number of thiazole rings is 1. The molecule has 2 aromatic heterocycles. The van der Waals surface area contributed by atoms with Crippen LogP contribution < -0.4 is 15.6 Å². The molecule has 0 bridgehead atoms. The van der Waals surface area contributed by atoms with Crippen LogP contribution in [0.25, 0.3) is 10.6 Å². The van der Waals surface area contributed by atoms with Crippen molar-refractivity contribution in [3.63, 3.8) is 0 Å². The first-order valence-electron chi connectivity index (χ1n) is 11.9. The number of hydrogen-bond donors (Lipinski definition) is 3. The van der Waals surface area contributed by atoms with Crippen molar-refractivity contribution in [2.75, 3.05) is 11.5 Å². The predicted octanol–water partition coefficient (Wildman–Crippen LogP) is 4.81. The van der Waals surface area contributed by atoms with Crippen LogP contribution in [0.15, 0.2) is 70.3 Å². The molecule has 212 valence electrons. The Bertz CT molecular complexity index is 1700. The number of non-ortho nitro benzene ring substituents is 1. The van der Waals surface area contributed by atoms with Gasteiger partial charge in [-0.3, -0.25) is 25.1 Å². The van der Waals surface area contributed by atoms with E-state index in [2.05, 4.69) is 32.7 Å². The summed E-state index contributed by atoms with van der Waals surface area (Å²) in [4.78, 5) is 42.2. The van der Waals surface area contributed by atoms with E-state index in [0.29, 0.717) is 14.5 Å². The summed E-state index contributed by atoms with van der Waals surface area (Å²) in [6.07, 6.45) is 0. The van der Waals surface area contributed by atoms with Crippen molar-refractivity contribution in [2.24, 2.45) is 0 Å². The fourth-order valence-corrected chi connectivity index (χ4v) is 9.50. The van der Waals surface area contributed by atoms with E-state index in [-0.39, 0.29) is 27.7 Å². The minimum atomic E-state index is -4.09. The van der Waals surface area contributed by atoms with Gasteiger partial charge in [0, 0.05) is 45.0 Å². The molecule has 0 radical (unpaired) electrons. The van der Waals surface area contributed by atoms with Gasteiger partial charge in [-0.15, -0.1) is 51.0 Å². The lowest BCUT2D eigenvalue weighted by Gasteiger charge is -2.08. The van der Waals surface area contributed by atoms with Gasteiger partial charge < -0.3 is 5.32 Å². The molecule has 1 aliphatic heterocycles. The van der Waals surface area contributed by atoms with Gasteiger partial charge in [0.05, 0.1) is 16.1 Å². The summed E-state index contributed by atoms with van der Waals surface area (Å²) >= 11 is 6.03. The van der Waals surface area contributed by atoms with Crippen LogP contribution in [0.4, 0.5) is 5.69 Å². The first-order valence-corrected chi connectivity index (χ1v) is 17.2. The zero-order chi connectivity index (χ0) is 29.0. The Kier molecular flexibility index (Phi) is 9.06. The van der Waals surface area contributed by atoms with Crippen LogP contribution in [0.2, 0.25) is 0 Å². The van der Waals surface area contributed by atoms with Crippen LogP contribution in [-0.4, -0.2) is 41.6 Å². The number of nitro groups is 1. The Morgan fingerprint density at radius 2 is 1.78 bits per heavy atom. The van der Waals surface area contributed by atoms with Crippen molar-refractivity contribution in [2.45, 2.75) is 15.3 Å². The quantitative estimate of drug-likeness (QED) is 0.162. The number of carbonyl (C=O) groups excluding carboxylic acids is 2. The summed E-state index contributed by atoms with van der Waals surface area (Å²) in [5.74, 6) is 1.04. The summed E-state index contributed by atoms with van der Waals surface area (Å²) in [7, 11) is -4.09. The number of amides is 2. The van der Waals surface area contributed by atoms with Gasteiger partial charge in [0.1, 0.15) is 14.9 Å². The fraction of sp³-hybridized carbons (Fsp3) is 0.160. The monoisotopic (exact) mass is 647 g/mol. The van der Waals surface area contributed by atoms with E-state index < -0.39 is 26.8 Å². The highest BCUT2D eigenvalue weighted by Crippen LogP contribution is 2.45. The van der Waals surface area contributed by atoms with Gasteiger partial charge in [-0.1, -0.05) is 30.3 Å². The minimum absolute atomic E-state index is 0.00891. The number of nitrogens with one attached hydrogen (secondary N) is 3. The zero-order valence-electron chi connectivity index (χ0n) is 20.9. The van der Waals surface area contributed by atoms with Crippen LogP contribution in [-0.2, 0) is 16.6 Å². The molecule has 4 aromatic rings. The summed E-state index contributed by atoms with van der Waals surface area (Å²) < 4.78 is 25.8. The average Bonchev–Trinajstić information content (AvgIpc) is 3.77. The molecular formula is C25H21N5O6S5. The third kappa shape index (κ3) is 7.14. The molecule has 3 N–H and O–H groups in total. The molecule has 5 rings (SSSR count). The number of nitrogens with zero attached hydrogens (tertiary/aromatic N) is 2. The standard InChI is InChI=1S/C25H21N5O6S5/c31-22(17-2-1-3-18(12-17)30(33)34)26-13-19-8-9-21(40-19)41(35,36)29-28-23(32)20-14-39-24(27-20)15-4-6-16(7-5-15)25-37-10-11-38-25/h1-9,12,14,25,29H,10-11,13H2,(H,26,31)(H,28,32). The highest BCUT2D eigenvalue weighted by Gasteiger charge is 2.21. The molecule has 1 saturated heterocycles. The Labute approximate surface area is 251 Å². The summed E-state index contributed by atoms with van der Waals surface area (Å²) in [6, 6.07) is 16.2. The molecule has 1 aliphatic rings. The number of rotatable bonds is 10. The number of thiophene rings is 1.